The number of oxazole rings is 1. The smallest absolute Gasteiger partial charge is 0.298 e. The van der Waals surface area contributed by atoms with Crippen LogP contribution in [0.1, 0.15) is 0 Å². The van der Waals surface area contributed by atoms with Crippen molar-refractivity contribution in [2.75, 3.05) is 31.1 Å². The summed E-state index contributed by atoms with van der Waals surface area (Å²) in [6.07, 6.45) is 0. The Morgan fingerprint density at radius 1 is 1.00 bits per heavy atom. The summed E-state index contributed by atoms with van der Waals surface area (Å²) in [4.78, 5) is 6.90. The van der Waals surface area contributed by atoms with E-state index in [9.17, 15) is 8.42 Å². The first-order valence-electron chi connectivity index (χ1n) is 7.81. The second kappa shape index (κ2) is 5.92. The summed E-state index contributed by atoms with van der Waals surface area (Å²) in [5.41, 5.74) is 0.871. The van der Waals surface area contributed by atoms with Crippen molar-refractivity contribution < 1.29 is 12.8 Å². The van der Waals surface area contributed by atoms with Crippen molar-refractivity contribution >= 4 is 27.0 Å². The Balaban J connectivity index is 1.83. The first-order valence-corrected chi connectivity index (χ1v) is 9.30. The van der Waals surface area contributed by atoms with Gasteiger partial charge in [0, 0.05) is 26.2 Å². The SMILES string of the molecule is O=S(=O)(c1ccccc1)c1cccc2nc(N3CCNCC3)oc12. The van der Waals surface area contributed by atoms with Gasteiger partial charge in [-0.15, -0.1) is 0 Å². The molecule has 0 atom stereocenters. The third-order valence-electron chi connectivity index (χ3n) is 4.10. The molecule has 1 aliphatic rings. The van der Waals surface area contributed by atoms with Gasteiger partial charge >= 0.3 is 0 Å². The fourth-order valence-electron chi connectivity index (χ4n) is 2.84. The highest BCUT2D eigenvalue weighted by Crippen LogP contribution is 2.31. The molecule has 1 aliphatic heterocycles. The number of nitrogens with zero attached hydrogens (tertiary/aromatic N) is 2. The van der Waals surface area contributed by atoms with Crippen LogP contribution >= 0.6 is 0 Å². The lowest BCUT2D eigenvalue weighted by Crippen LogP contribution is -2.43. The van der Waals surface area contributed by atoms with Gasteiger partial charge in [-0.05, 0) is 24.3 Å². The van der Waals surface area contributed by atoms with E-state index in [-0.39, 0.29) is 9.79 Å². The summed E-state index contributed by atoms with van der Waals surface area (Å²) in [6.45, 7) is 3.28. The number of hydrogen-bond acceptors (Lipinski definition) is 6. The van der Waals surface area contributed by atoms with Crippen LogP contribution in [0.3, 0.4) is 0 Å². The van der Waals surface area contributed by atoms with Gasteiger partial charge in [-0.1, -0.05) is 24.3 Å². The largest absolute Gasteiger partial charge is 0.422 e. The number of para-hydroxylation sites is 1. The Morgan fingerprint density at radius 2 is 1.75 bits per heavy atom. The predicted octanol–water partition coefficient (Wildman–Crippen LogP) is 2.07. The highest BCUT2D eigenvalue weighted by molar-refractivity contribution is 7.91. The lowest BCUT2D eigenvalue weighted by atomic mass is 10.3. The quantitative estimate of drug-likeness (QED) is 0.785. The van der Waals surface area contributed by atoms with Crippen LogP contribution in [0.25, 0.3) is 11.1 Å². The van der Waals surface area contributed by atoms with Crippen LogP contribution in [0.4, 0.5) is 6.01 Å². The first-order chi connectivity index (χ1) is 11.7. The minimum absolute atomic E-state index is 0.153. The summed E-state index contributed by atoms with van der Waals surface area (Å²) < 4.78 is 31.7. The standard InChI is InChI=1S/C17H17N3O3S/c21-24(22,13-5-2-1-3-6-13)15-8-4-7-14-16(15)23-17(19-14)20-11-9-18-10-12-20/h1-8,18H,9-12H2. The second-order valence-corrected chi connectivity index (χ2v) is 7.57. The Kier molecular flexibility index (Phi) is 3.74. The maximum atomic E-state index is 12.9. The van der Waals surface area contributed by atoms with E-state index in [1.54, 1.807) is 48.5 Å². The van der Waals surface area contributed by atoms with Gasteiger partial charge in [0.05, 0.1) is 4.90 Å². The molecule has 0 saturated carbocycles. The molecule has 1 fully saturated rings. The minimum Gasteiger partial charge on any atom is -0.422 e. The van der Waals surface area contributed by atoms with Gasteiger partial charge in [-0.3, -0.25) is 0 Å². The zero-order valence-electron chi connectivity index (χ0n) is 13.0. The van der Waals surface area contributed by atoms with Crippen LogP contribution < -0.4 is 10.2 Å². The average Bonchev–Trinajstić information content (AvgIpc) is 3.07. The maximum absolute atomic E-state index is 12.9. The molecule has 1 aromatic heterocycles. The van der Waals surface area contributed by atoms with E-state index in [1.165, 1.54) is 0 Å². The lowest BCUT2D eigenvalue weighted by Gasteiger charge is -2.25. The first kappa shape index (κ1) is 15.2. The monoisotopic (exact) mass is 343 g/mol. The van der Waals surface area contributed by atoms with Crippen LogP contribution in [-0.4, -0.2) is 39.6 Å². The molecule has 0 unspecified atom stereocenters. The Bertz CT molecular complexity index is 961. The molecule has 1 N–H and O–H groups in total. The number of hydrogen-bond donors (Lipinski definition) is 1. The Hall–Kier alpha value is -2.38. The normalized spacial score (nSPS) is 15.8. The molecule has 3 aromatic rings. The Labute approximate surface area is 140 Å². The number of rotatable bonds is 3. The number of sulfone groups is 1. The van der Waals surface area contributed by atoms with Gasteiger partial charge < -0.3 is 14.6 Å². The van der Waals surface area contributed by atoms with Crippen molar-refractivity contribution in [3.05, 3.63) is 48.5 Å². The molecule has 0 bridgehead atoms. The van der Waals surface area contributed by atoms with Crippen molar-refractivity contribution in [2.45, 2.75) is 9.79 Å². The molecule has 6 nitrogen and oxygen atoms in total. The number of nitrogens with one attached hydrogen (secondary N) is 1. The van der Waals surface area contributed by atoms with E-state index in [4.69, 9.17) is 4.42 Å². The molecule has 2 heterocycles. The van der Waals surface area contributed by atoms with E-state index >= 15 is 0 Å². The summed E-state index contributed by atoms with van der Waals surface area (Å²) in [5.74, 6) is 0. The van der Waals surface area contributed by atoms with Crippen LogP contribution in [0, 0.1) is 0 Å². The summed E-state index contributed by atoms with van der Waals surface area (Å²) in [7, 11) is -3.65. The summed E-state index contributed by atoms with van der Waals surface area (Å²) >= 11 is 0. The van der Waals surface area contributed by atoms with Gasteiger partial charge in [0.2, 0.25) is 9.84 Å². The van der Waals surface area contributed by atoms with Crippen LogP contribution in [-0.2, 0) is 9.84 Å². The molecule has 124 valence electrons. The third-order valence-corrected chi connectivity index (χ3v) is 5.89. The molecule has 2 aromatic carbocycles. The number of aromatic nitrogens is 1. The number of piperazine rings is 1. The van der Waals surface area contributed by atoms with Gasteiger partial charge in [0.1, 0.15) is 10.4 Å². The van der Waals surface area contributed by atoms with Crippen molar-refractivity contribution in [3.8, 4) is 0 Å². The van der Waals surface area contributed by atoms with Crippen molar-refractivity contribution in [1.82, 2.24) is 10.3 Å². The molecule has 7 heteroatoms. The van der Waals surface area contributed by atoms with E-state index in [1.807, 2.05) is 4.90 Å². The molecule has 0 amide bonds. The van der Waals surface area contributed by atoms with E-state index in [0.717, 1.165) is 26.2 Å². The van der Waals surface area contributed by atoms with Crippen molar-refractivity contribution in [2.24, 2.45) is 0 Å². The topological polar surface area (TPSA) is 75.4 Å². The third kappa shape index (κ3) is 2.55. The number of anilines is 1. The van der Waals surface area contributed by atoms with Gasteiger partial charge in [-0.25, -0.2) is 8.42 Å². The highest BCUT2D eigenvalue weighted by atomic mass is 32.2. The molecular weight excluding hydrogens is 326 g/mol. The molecule has 0 radical (unpaired) electrons. The van der Waals surface area contributed by atoms with Gasteiger partial charge in [0.25, 0.3) is 6.01 Å². The van der Waals surface area contributed by atoms with Crippen molar-refractivity contribution in [1.29, 1.82) is 0 Å². The summed E-state index contributed by atoms with van der Waals surface area (Å²) in [5, 5.41) is 3.27. The highest BCUT2D eigenvalue weighted by Gasteiger charge is 2.25. The van der Waals surface area contributed by atoms with Crippen molar-refractivity contribution in [3.63, 3.8) is 0 Å². The zero-order valence-corrected chi connectivity index (χ0v) is 13.8. The second-order valence-electron chi connectivity index (χ2n) is 5.65. The van der Waals surface area contributed by atoms with Gasteiger partial charge in [0.15, 0.2) is 5.58 Å². The van der Waals surface area contributed by atoms with Crippen LogP contribution in [0.5, 0.6) is 0 Å². The van der Waals surface area contributed by atoms with E-state index in [2.05, 4.69) is 10.3 Å². The van der Waals surface area contributed by atoms with E-state index in [0.29, 0.717) is 17.1 Å². The number of fused-ring (bicyclic) bond motifs is 1. The lowest BCUT2D eigenvalue weighted by molar-refractivity contribution is 0.514. The fourth-order valence-corrected chi connectivity index (χ4v) is 4.26. The average molecular weight is 343 g/mol. The minimum atomic E-state index is -3.65. The van der Waals surface area contributed by atoms with Crippen LogP contribution in [0.2, 0.25) is 0 Å². The zero-order chi connectivity index (χ0) is 16.6. The molecule has 1 saturated heterocycles. The Morgan fingerprint density at radius 3 is 2.50 bits per heavy atom. The number of benzene rings is 2. The molecule has 4 rings (SSSR count). The predicted molar refractivity (Wildman–Crippen MR) is 91.0 cm³/mol. The maximum Gasteiger partial charge on any atom is 0.298 e. The fraction of sp³-hybridized carbons (Fsp3) is 0.235. The molecule has 0 aliphatic carbocycles. The molecular formula is C17H17N3O3S. The molecule has 24 heavy (non-hydrogen) atoms. The molecule has 0 spiro atoms. The van der Waals surface area contributed by atoms with Gasteiger partial charge in [-0.2, -0.15) is 4.98 Å². The summed E-state index contributed by atoms with van der Waals surface area (Å²) in [6, 6.07) is 13.9. The van der Waals surface area contributed by atoms with Crippen LogP contribution in [0.15, 0.2) is 62.7 Å². The van der Waals surface area contributed by atoms with E-state index < -0.39 is 9.84 Å².